The zero-order valence-corrected chi connectivity index (χ0v) is 14.3. The Hall–Kier alpha value is -1.75. The summed E-state index contributed by atoms with van der Waals surface area (Å²) < 4.78 is 5.40. The summed E-state index contributed by atoms with van der Waals surface area (Å²) in [6.45, 7) is 4.25. The van der Waals surface area contributed by atoms with Gasteiger partial charge in [-0.25, -0.2) is 0 Å². The third-order valence-electron chi connectivity index (χ3n) is 4.39. The third kappa shape index (κ3) is 3.02. The summed E-state index contributed by atoms with van der Waals surface area (Å²) in [6.07, 6.45) is 2.99. The van der Waals surface area contributed by atoms with Crippen molar-refractivity contribution < 1.29 is 14.3 Å². The van der Waals surface area contributed by atoms with E-state index in [-0.39, 0.29) is 17.7 Å². The first-order valence-electron chi connectivity index (χ1n) is 8.15. The predicted octanol–water partition coefficient (Wildman–Crippen LogP) is 3.88. The van der Waals surface area contributed by atoms with Gasteiger partial charge in [0.15, 0.2) is 5.78 Å². The van der Waals surface area contributed by atoms with Crippen LogP contribution in [0.15, 0.2) is 33.8 Å². The highest BCUT2D eigenvalue weighted by Gasteiger charge is 2.43. The number of Topliss-reactive ketones (excluding diaryl/α,β-unsaturated/α-hetero) is 1. The number of ketones is 1. The van der Waals surface area contributed by atoms with Gasteiger partial charge >= 0.3 is 5.97 Å². The normalized spacial score (nSPS) is 24.3. The van der Waals surface area contributed by atoms with Gasteiger partial charge in [0.05, 0.1) is 6.61 Å². The molecular formula is C18H21NO3S. The maximum atomic E-state index is 12.6. The fourth-order valence-electron chi connectivity index (χ4n) is 3.38. The van der Waals surface area contributed by atoms with Gasteiger partial charge in [-0.15, -0.1) is 11.3 Å². The zero-order valence-electron chi connectivity index (χ0n) is 13.5. The average molecular weight is 331 g/mol. The molecule has 2 heterocycles. The first kappa shape index (κ1) is 16.1. The Kier molecular flexibility index (Phi) is 4.76. The van der Waals surface area contributed by atoms with E-state index in [1.807, 2.05) is 31.4 Å². The van der Waals surface area contributed by atoms with Crippen LogP contribution in [0.25, 0.3) is 0 Å². The van der Waals surface area contributed by atoms with Crippen LogP contribution in [-0.4, -0.2) is 24.1 Å². The van der Waals surface area contributed by atoms with Crippen molar-refractivity contribution in [2.45, 2.75) is 45.4 Å². The summed E-state index contributed by atoms with van der Waals surface area (Å²) in [5, 5.41) is 1.98. The Balaban J connectivity index is 2.05. The second kappa shape index (κ2) is 6.79. The van der Waals surface area contributed by atoms with Crippen LogP contribution in [0, 0.1) is 5.92 Å². The van der Waals surface area contributed by atoms with Gasteiger partial charge in [-0.2, -0.15) is 0 Å². The standard InChI is InChI=1S/C18H21NO3S/c1-3-9-22-18(21)15-11(2)19-12-6-4-7-13(20)16(12)17(15)14-8-5-10-23-14/h5,8,10,15,17H,3-4,6-7,9H2,1-2H3. The van der Waals surface area contributed by atoms with E-state index in [1.54, 1.807) is 11.3 Å². The van der Waals surface area contributed by atoms with Gasteiger partial charge in [-0.3, -0.25) is 14.6 Å². The van der Waals surface area contributed by atoms with Gasteiger partial charge in [0.2, 0.25) is 0 Å². The number of allylic oxidation sites excluding steroid dienone is 2. The largest absolute Gasteiger partial charge is 0.465 e. The van der Waals surface area contributed by atoms with Gasteiger partial charge in [-0.1, -0.05) is 13.0 Å². The summed E-state index contributed by atoms with van der Waals surface area (Å²) in [4.78, 5) is 30.8. The van der Waals surface area contributed by atoms with Crippen molar-refractivity contribution in [3.8, 4) is 0 Å². The Morgan fingerprint density at radius 3 is 2.96 bits per heavy atom. The molecule has 23 heavy (non-hydrogen) atoms. The molecule has 0 spiro atoms. The highest BCUT2D eigenvalue weighted by atomic mass is 32.1. The quantitative estimate of drug-likeness (QED) is 0.787. The molecule has 3 rings (SSSR count). The van der Waals surface area contributed by atoms with E-state index in [0.717, 1.165) is 41.1 Å². The average Bonchev–Trinajstić information content (AvgIpc) is 3.05. The van der Waals surface area contributed by atoms with E-state index < -0.39 is 5.92 Å². The van der Waals surface area contributed by atoms with Crippen molar-refractivity contribution in [2.24, 2.45) is 10.9 Å². The molecule has 1 aliphatic heterocycles. The molecule has 1 aromatic rings. The minimum atomic E-state index is -0.485. The van der Waals surface area contributed by atoms with E-state index >= 15 is 0 Å². The maximum Gasteiger partial charge on any atom is 0.315 e. The molecule has 0 fully saturated rings. The number of esters is 1. The van der Waals surface area contributed by atoms with Crippen LogP contribution in [-0.2, 0) is 14.3 Å². The van der Waals surface area contributed by atoms with Gasteiger partial charge in [-0.05, 0) is 37.6 Å². The van der Waals surface area contributed by atoms with E-state index in [0.29, 0.717) is 13.0 Å². The highest BCUT2D eigenvalue weighted by Crippen LogP contribution is 2.44. The third-order valence-corrected chi connectivity index (χ3v) is 5.34. The predicted molar refractivity (Wildman–Crippen MR) is 90.8 cm³/mol. The van der Waals surface area contributed by atoms with Gasteiger partial charge in [0.1, 0.15) is 5.92 Å². The van der Waals surface area contributed by atoms with Crippen LogP contribution in [0.5, 0.6) is 0 Å². The molecule has 0 saturated heterocycles. The molecule has 0 bridgehead atoms. The number of hydrogen-bond donors (Lipinski definition) is 0. The molecule has 4 nitrogen and oxygen atoms in total. The van der Waals surface area contributed by atoms with Gasteiger partial charge in [0.25, 0.3) is 0 Å². The van der Waals surface area contributed by atoms with Crippen LogP contribution in [0.1, 0.15) is 50.3 Å². The number of carbonyl (C=O) groups is 2. The minimum absolute atomic E-state index is 0.134. The second-order valence-electron chi connectivity index (χ2n) is 6.03. The Morgan fingerprint density at radius 2 is 2.26 bits per heavy atom. The molecule has 0 aromatic carbocycles. The molecule has 1 aliphatic carbocycles. The van der Waals surface area contributed by atoms with Crippen molar-refractivity contribution in [2.75, 3.05) is 6.61 Å². The molecule has 0 amide bonds. The minimum Gasteiger partial charge on any atom is -0.465 e. The number of hydrogen-bond acceptors (Lipinski definition) is 5. The van der Waals surface area contributed by atoms with E-state index in [4.69, 9.17) is 4.74 Å². The monoisotopic (exact) mass is 331 g/mol. The van der Waals surface area contributed by atoms with Crippen LogP contribution in [0.4, 0.5) is 0 Å². The second-order valence-corrected chi connectivity index (χ2v) is 7.01. The first-order chi connectivity index (χ1) is 11.1. The van der Waals surface area contributed by atoms with E-state index in [9.17, 15) is 9.59 Å². The summed E-state index contributed by atoms with van der Waals surface area (Å²) >= 11 is 1.59. The van der Waals surface area contributed by atoms with Crippen LogP contribution in [0.3, 0.4) is 0 Å². The smallest absolute Gasteiger partial charge is 0.315 e. The van der Waals surface area contributed by atoms with Crippen molar-refractivity contribution in [1.82, 2.24) is 0 Å². The van der Waals surface area contributed by atoms with E-state index in [2.05, 4.69) is 4.99 Å². The van der Waals surface area contributed by atoms with Crippen LogP contribution < -0.4 is 0 Å². The number of nitrogens with zero attached hydrogens (tertiary/aromatic N) is 1. The molecule has 2 unspecified atom stereocenters. The Morgan fingerprint density at radius 1 is 1.43 bits per heavy atom. The van der Waals surface area contributed by atoms with Crippen molar-refractivity contribution in [3.63, 3.8) is 0 Å². The molecule has 2 atom stereocenters. The van der Waals surface area contributed by atoms with Gasteiger partial charge < -0.3 is 4.74 Å². The number of thiophene rings is 1. The van der Waals surface area contributed by atoms with Crippen molar-refractivity contribution in [1.29, 1.82) is 0 Å². The van der Waals surface area contributed by atoms with Crippen molar-refractivity contribution in [3.05, 3.63) is 33.7 Å². The van der Waals surface area contributed by atoms with Gasteiger partial charge in [0, 0.05) is 34.2 Å². The van der Waals surface area contributed by atoms with Crippen LogP contribution in [0.2, 0.25) is 0 Å². The summed E-state index contributed by atoms with van der Waals surface area (Å²) in [5.74, 6) is -0.855. The first-order valence-corrected chi connectivity index (χ1v) is 9.03. The molecule has 0 N–H and O–H groups in total. The van der Waals surface area contributed by atoms with E-state index in [1.165, 1.54) is 0 Å². The lowest BCUT2D eigenvalue weighted by molar-refractivity contribution is -0.146. The zero-order chi connectivity index (χ0) is 16.4. The molecule has 2 aliphatic rings. The van der Waals surface area contributed by atoms with Crippen LogP contribution >= 0.6 is 11.3 Å². The van der Waals surface area contributed by atoms with Crippen molar-refractivity contribution >= 4 is 28.8 Å². The molecule has 5 heteroatoms. The fraction of sp³-hybridized carbons (Fsp3) is 0.500. The fourth-order valence-corrected chi connectivity index (χ4v) is 4.25. The lowest BCUT2D eigenvalue weighted by atomic mass is 9.74. The maximum absolute atomic E-state index is 12.6. The number of rotatable bonds is 4. The summed E-state index contributed by atoms with van der Waals surface area (Å²) in [7, 11) is 0. The molecule has 0 radical (unpaired) electrons. The highest BCUT2D eigenvalue weighted by molar-refractivity contribution is 7.10. The molecule has 122 valence electrons. The Bertz CT molecular complexity index is 672. The lowest BCUT2D eigenvalue weighted by Gasteiger charge is -2.33. The lowest BCUT2D eigenvalue weighted by Crippen LogP contribution is -2.37. The SMILES string of the molecule is CCCOC(=O)C1C(C)=NC2=C(C(=O)CCC2)C1c1cccs1. The summed E-state index contributed by atoms with van der Waals surface area (Å²) in [6, 6.07) is 3.96. The molecule has 1 aromatic heterocycles. The topological polar surface area (TPSA) is 55.7 Å². The number of carbonyl (C=O) groups excluding carboxylic acids is 2. The number of aliphatic imine (C=N–C) groups is 1. The molecular weight excluding hydrogens is 310 g/mol. The molecule has 0 saturated carbocycles. The summed E-state index contributed by atoms with van der Waals surface area (Å²) in [5.41, 5.74) is 2.37. The Labute approximate surface area is 140 Å². The number of ether oxygens (including phenoxy) is 1.